The summed E-state index contributed by atoms with van der Waals surface area (Å²) >= 11 is 0. The predicted molar refractivity (Wildman–Crippen MR) is 174 cm³/mol. The zero-order chi connectivity index (χ0) is 32.3. The molecule has 8 heteroatoms. The highest BCUT2D eigenvalue weighted by molar-refractivity contribution is 5.77. The molecule has 0 bridgehead atoms. The average molecular weight is 641 g/mol. The molecule has 2 aliphatic heterocycles. The van der Waals surface area contributed by atoms with Gasteiger partial charge in [-0.15, -0.1) is 0 Å². The maximum Gasteiger partial charge on any atom is 0.323 e. The molecule has 0 radical (unpaired) electrons. The molecule has 11 atom stereocenters. The van der Waals surface area contributed by atoms with Gasteiger partial charge in [0.2, 0.25) is 5.91 Å². The number of rotatable bonds is 8. The van der Waals surface area contributed by atoms with Crippen molar-refractivity contribution in [3.05, 3.63) is 0 Å². The van der Waals surface area contributed by atoms with E-state index in [-0.39, 0.29) is 29.8 Å². The lowest BCUT2D eigenvalue weighted by Gasteiger charge is -2.60. The monoisotopic (exact) mass is 640 g/mol. The van der Waals surface area contributed by atoms with Crippen LogP contribution in [0.5, 0.6) is 0 Å². The van der Waals surface area contributed by atoms with Gasteiger partial charge in [-0.25, -0.2) is 0 Å². The molecule has 2 saturated heterocycles. The van der Waals surface area contributed by atoms with Crippen molar-refractivity contribution in [2.75, 3.05) is 26.2 Å². The summed E-state index contributed by atoms with van der Waals surface area (Å²) in [6, 6.07) is 0. The quantitative estimate of drug-likeness (QED) is 0.335. The van der Waals surface area contributed by atoms with Crippen LogP contribution in [0.2, 0.25) is 0 Å². The number of fused-ring (bicyclic) bond motifs is 4. The Kier molecular flexibility index (Phi) is 7.58. The minimum Gasteiger partial charge on any atom is -0.480 e. The Morgan fingerprint density at radius 3 is 2.50 bits per heavy atom. The molecule has 6 saturated carbocycles. The summed E-state index contributed by atoms with van der Waals surface area (Å²) in [6.45, 7) is 13.5. The first-order valence-electron chi connectivity index (χ1n) is 19.0. The summed E-state index contributed by atoms with van der Waals surface area (Å²) in [7, 11) is 0. The van der Waals surface area contributed by atoms with Crippen LogP contribution >= 0.6 is 0 Å². The summed E-state index contributed by atoms with van der Waals surface area (Å²) in [4.78, 5) is 26.5. The van der Waals surface area contributed by atoms with Gasteiger partial charge in [-0.3, -0.25) is 14.9 Å². The molecule has 2 N–H and O–H groups in total. The lowest BCUT2D eigenvalue weighted by Crippen LogP contribution is -2.56. The van der Waals surface area contributed by atoms with Crippen LogP contribution in [-0.2, 0) is 23.8 Å². The van der Waals surface area contributed by atoms with Crippen LogP contribution in [0.1, 0.15) is 118 Å². The van der Waals surface area contributed by atoms with E-state index in [1.165, 1.54) is 64.2 Å². The van der Waals surface area contributed by atoms with E-state index in [1.807, 2.05) is 4.90 Å². The smallest absolute Gasteiger partial charge is 0.323 e. The van der Waals surface area contributed by atoms with E-state index in [2.05, 4.69) is 26.1 Å². The number of aliphatic carboxylic acids is 1. The van der Waals surface area contributed by atoms with Gasteiger partial charge in [-0.05, 0) is 142 Å². The second kappa shape index (κ2) is 10.9. The van der Waals surface area contributed by atoms with Crippen LogP contribution in [0.3, 0.4) is 0 Å². The number of nitrogens with one attached hydrogen (secondary N) is 1. The van der Waals surface area contributed by atoms with Gasteiger partial charge < -0.3 is 24.2 Å². The van der Waals surface area contributed by atoms with Crippen LogP contribution in [0.4, 0.5) is 0 Å². The second-order valence-electron chi connectivity index (χ2n) is 18.6. The standard InChI is InChI=1S/C38H60N2O6/c1-34(2)29-11-10-25-27-19-28-26(9-8-24(45-28)20-39-35(3,4)33(42)43)36(27,5)14-15-37(25)22-38(29,37)13-12-30(34)46-32-21-40(16-17-44-32)31(41)18-23-6-7-23/h23-30,32,39H,6-22H2,1-5H3,(H,42,43)/t24?,25?,26?,27?,28?,29?,30-,32?,36?,37-,38?/m0/s1. The third-order valence-corrected chi connectivity index (χ3v) is 15.8. The topological polar surface area (TPSA) is 97.3 Å². The highest BCUT2D eigenvalue weighted by Gasteiger charge is 2.80. The first kappa shape index (κ1) is 32.0. The first-order valence-corrected chi connectivity index (χ1v) is 19.0. The van der Waals surface area contributed by atoms with Crippen molar-refractivity contribution in [2.45, 2.75) is 148 Å². The Bertz CT molecular complexity index is 1230. The molecular weight excluding hydrogens is 580 g/mol. The Hall–Kier alpha value is -1.22. The van der Waals surface area contributed by atoms with Crippen molar-refractivity contribution in [1.29, 1.82) is 0 Å². The van der Waals surface area contributed by atoms with E-state index in [1.54, 1.807) is 13.8 Å². The molecule has 0 aromatic carbocycles. The van der Waals surface area contributed by atoms with Crippen molar-refractivity contribution >= 4 is 11.9 Å². The molecule has 8 nitrogen and oxygen atoms in total. The fourth-order valence-corrected chi connectivity index (χ4v) is 12.9. The lowest BCUT2D eigenvalue weighted by molar-refractivity contribution is -0.244. The number of carboxylic acid groups (broad SMARTS) is 1. The molecule has 258 valence electrons. The summed E-state index contributed by atoms with van der Waals surface area (Å²) < 4.78 is 19.8. The van der Waals surface area contributed by atoms with Crippen molar-refractivity contribution in [3.63, 3.8) is 0 Å². The zero-order valence-corrected chi connectivity index (χ0v) is 29.2. The van der Waals surface area contributed by atoms with Crippen LogP contribution in [0, 0.1) is 51.2 Å². The average Bonchev–Trinajstić information content (AvgIpc) is 3.93. The SMILES string of the molecule is CC(C)(NCC1CCC2C(CC3C4CCC5C(C)(C)[C@@H](OC6CN(C(=O)CC7CC7)CCO6)CCC56C[C@@]46CCC23C)O1)C(=O)O. The number of carbonyl (C=O) groups is 2. The molecule has 6 aliphatic carbocycles. The van der Waals surface area contributed by atoms with E-state index >= 15 is 0 Å². The minimum absolute atomic E-state index is 0.0911. The molecule has 8 rings (SSSR count). The first-order chi connectivity index (χ1) is 21.8. The summed E-state index contributed by atoms with van der Waals surface area (Å²) in [5.41, 5.74) is 0.484. The predicted octanol–water partition coefficient (Wildman–Crippen LogP) is 6.02. The van der Waals surface area contributed by atoms with E-state index in [0.717, 1.165) is 24.7 Å². The van der Waals surface area contributed by atoms with Gasteiger partial charge in [0.1, 0.15) is 5.54 Å². The number of carbonyl (C=O) groups excluding carboxylic acids is 1. The molecule has 8 fully saturated rings. The van der Waals surface area contributed by atoms with E-state index < -0.39 is 11.5 Å². The van der Waals surface area contributed by atoms with Crippen LogP contribution in [0.15, 0.2) is 0 Å². The highest BCUT2D eigenvalue weighted by atomic mass is 16.7. The molecular formula is C38H60N2O6. The molecule has 8 aliphatic rings. The molecule has 9 unspecified atom stereocenters. The molecule has 2 spiro atoms. The summed E-state index contributed by atoms with van der Waals surface area (Å²) in [6.07, 6.45) is 16.0. The van der Waals surface area contributed by atoms with Crippen LogP contribution < -0.4 is 5.32 Å². The number of hydrogen-bond acceptors (Lipinski definition) is 6. The number of amides is 1. The van der Waals surface area contributed by atoms with Crippen molar-refractivity contribution in [2.24, 2.45) is 51.2 Å². The van der Waals surface area contributed by atoms with Crippen molar-refractivity contribution in [3.8, 4) is 0 Å². The lowest BCUT2D eigenvalue weighted by atomic mass is 9.46. The number of hydrogen-bond donors (Lipinski definition) is 2. The largest absolute Gasteiger partial charge is 0.480 e. The van der Waals surface area contributed by atoms with Gasteiger partial charge in [0.25, 0.3) is 0 Å². The molecule has 0 aromatic heterocycles. The van der Waals surface area contributed by atoms with E-state index in [4.69, 9.17) is 14.2 Å². The third-order valence-electron chi connectivity index (χ3n) is 15.8. The molecule has 0 aromatic rings. The maximum absolute atomic E-state index is 12.9. The maximum atomic E-state index is 12.9. The van der Waals surface area contributed by atoms with Crippen LogP contribution in [-0.4, -0.2) is 78.3 Å². The second-order valence-corrected chi connectivity index (χ2v) is 18.6. The van der Waals surface area contributed by atoms with Gasteiger partial charge in [0, 0.05) is 19.5 Å². The molecule has 1 amide bonds. The minimum atomic E-state index is -0.933. The Morgan fingerprint density at radius 2 is 1.74 bits per heavy atom. The Morgan fingerprint density at radius 1 is 0.957 bits per heavy atom. The van der Waals surface area contributed by atoms with Crippen LogP contribution in [0.25, 0.3) is 0 Å². The zero-order valence-electron chi connectivity index (χ0n) is 29.2. The van der Waals surface area contributed by atoms with Gasteiger partial charge in [0.15, 0.2) is 6.29 Å². The van der Waals surface area contributed by atoms with Gasteiger partial charge in [-0.2, -0.15) is 0 Å². The van der Waals surface area contributed by atoms with E-state index in [9.17, 15) is 14.7 Å². The normalized spacial score (nSPS) is 47.5. The number of ether oxygens (including phenoxy) is 3. The van der Waals surface area contributed by atoms with Crippen molar-refractivity contribution in [1.82, 2.24) is 10.2 Å². The highest BCUT2D eigenvalue weighted by Crippen LogP contribution is 2.87. The Labute approximate surface area is 276 Å². The number of morpholine rings is 1. The fraction of sp³-hybridized carbons (Fsp3) is 0.947. The van der Waals surface area contributed by atoms with E-state index in [0.29, 0.717) is 72.8 Å². The van der Waals surface area contributed by atoms with Gasteiger partial charge in [0.05, 0.1) is 31.5 Å². The number of carboxylic acids is 1. The Balaban J connectivity index is 0.925. The fourth-order valence-electron chi connectivity index (χ4n) is 12.9. The molecule has 2 heterocycles. The molecule has 46 heavy (non-hydrogen) atoms. The van der Waals surface area contributed by atoms with Crippen molar-refractivity contribution < 1.29 is 28.9 Å². The number of nitrogens with zero attached hydrogens (tertiary/aromatic N) is 1. The van der Waals surface area contributed by atoms with Gasteiger partial charge >= 0.3 is 5.97 Å². The summed E-state index contributed by atoms with van der Waals surface area (Å²) in [5, 5.41) is 12.8. The third kappa shape index (κ3) is 4.87. The van der Waals surface area contributed by atoms with Gasteiger partial charge in [-0.1, -0.05) is 20.8 Å². The summed E-state index contributed by atoms with van der Waals surface area (Å²) in [5.74, 6) is 2.95.